The van der Waals surface area contributed by atoms with Crippen molar-refractivity contribution in [3.8, 4) is 0 Å². The Balaban J connectivity index is 1.21. The van der Waals surface area contributed by atoms with E-state index in [1.165, 1.54) is 50.9 Å². The topological polar surface area (TPSA) is 43.9 Å². The predicted molar refractivity (Wildman–Crippen MR) is 124 cm³/mol. The maximum Gasteiger partial charge on any atom is 0.416 e. The number of piperidine rings is 2. The molecule has 3 aliphatic rings. The molecule has 4 rings (SSSR count). The van der Waals surface area contributed by atoms with E-state index in [1.54, 1.807) is 4.90 Å². The van der Waals surface area contributed by atoms with E-state index in [0.29, 0.717) is 31.8 Å². The number of rotatable bonds is 4. The van der Waals surface area contributed by atoms with E-state index >= 15 is 0 Å². The Labute approximate surface area is 200 Å². The number of carbonyl (C=O) groups is 2. The molecule has 3 fully saturated rings. The summed E-state index contributed by atoms with van der Waals surface area (Å²) in [4.78, 5) is 32.1. The molecule has 0 N–H and O–H groups in total. The van der Waals surface area contributed by atoms with Gasteiger partial charge < -0.3 is 14.7 Å². The minimum absolute atomic E-state index is 0.0705. The van der Waals surface area contributed by atoms with Crippen LogP contribution in [0.5, 0.6) is 0 Å². The predicted octanol–water partition coefficient (Wildman–Crippen LogP) is 4.67. The summed E-state index contributed by atoms with van der Waals surface area (Å²) in [7, 11) is 0. The van der Waals surface area contributed by atoms with Crippen LogP contribution in [0.25, 0.3) is 0 Å². The molecule has 0 unspecified atom stereocenters. The zero-order chi connectivity index (χ0) is 24.1. The molecule has 0 spiro atoms. The van der Waals surface area contributed by atoms with E-state index in [-0.39, 0.29) is 23.3 Å². The number of hydrogen-bond acceptors (Lipinski definition) is 3. The first-order valence-electron chi connectivity index (χ1n) is 12.8. The van der Waals surface area contributed by atoms with Gasteiger partial charge in [-0.3, -0.25) is 9.59 Å². The van der Waals surface area contributed by atoms with Gasteiger partial charge in [0.1, 0.15) is 0 Å². The molecule has 8 heteroatoms. The molecule has 188 valence electrons. The van der Waals surface area contributed by atoms with Crippen LogP contribution in [0, 0.1) is 11.8 Å². The Hall–Kier alpha value is -2.09. The fourth-order valence-electron chi connectivity index (χ4n) is 5.59. The van der Waals surface area contributed by atoms with Crippen molar-refractivity contribution in [3.05, 3.63) is 35.4 Å². The number of amides is 2. The third-order valence-electron chi connectivity index (χ3n) is 7.73. The average molecular weight is 480 g/mol. The highest BCUT2D eigenvalue weighted by atomic mass is 19.4. The van der Waals surface area contributed by atoms with E-state index in [9.17, 15) is 22.8 Å². The van der Waals surface area contributed by atoms with Gasteiger partial charge in [0, 0.05) is 44.2 Å². The van der Waals surface area contributed by atoms with Gasteiger partial charge in [-0.1, -0.05) is 12.8 Å². The molecule has 0 radical (unpaired) electrons. The summed E-state index contributed by atoms with van der Waals surface area (Å²) in [6, 6.07) is 4.36. The summed E-state index contributed by atoms with van der Waals surface area (Å²) in [5, 5.41) is 0. The second-order valence-corrected chi connectivity index (χ2v) is 10.1. The van der Waals surface area contributed by atoms with Crippen LogP contribution in [0.1, 0.15) is 67.3 Å². The van der Waals surface area contributed by atoms with Crippen molar-refractivity contribution in [2.75, 3.05) is 45.8 Å². The zero-order valence-electron chi connectivity index (χ0n) is 19.9. The number of carbonyl (C=O) groups excluding carboxylic acids is 2. The molecule has 3 saturated heterocycles. The van der Waals surface area contributed by atoms with Gasteiger partial charge in [0.15, 0.2) is 0 Å². The van der Waals surface area contributed by atoms with Crippen LogP contribution in [0.3, 0.4) is 0 Å². The second kappa shape index (κ2) is 11.1. The molecule has 0 bridgehead atoms. The Kier molecular flexibility index (Phi) is 8.17. The van der Waals surface area contributed by atoms with Gasteiger partial charge in [-0.2, -0.15) is 13.2 Å². The Morgan fingerprint density at radius 1 is 0.765 bits per heavy atom. The van der Waals surface area contributed by atoms with Gasteiger partial charge in [-0.05, 0) is 81.8 Å². The van der Waals surface area contributed by atoms with Crippen molar-refractivity contribution in [1.29, 1.82) is 0 Å². The normalized spacial score (nSPS) is 22.0. The van der Waals surface area contributed by atoms with Gasteiger partial charge in [-0.25, -0.2) is 0 Å². The molecule has 0 aliphatic carbocycles. The van der Waals surface area contributed by atoms with Crippen molar-refractivity contribution >= 4 is 11.8 Å². The minimum atomic E-state index is -4.42. The van der Waals surface area contributed by atoms with E-state index in [4.69, 9.17) is 0 Å². The van der Waals surface area contributed by atoms with Crippen molar-refractivity contribution < 1.29 is 22.8 Å². The molecule has 0 atom stereocenters. The Bertz CT molecular complexity index is 819. The molecule has 0 saturated carbocycles. The number of hydrogen-bond donors (Lipinski definition) is 0. The maximum absolute atomic E-state index is 13.1. The molecular weight excluding hydrogens is 443 g/mol. The summed E-state index contributed by atoms with van der Waals surface area (Å²) >= 11 is 0. The number of likely N-dealkylation sites (tertiary alicyclic amines) is 3. The van der Waals surface area contributed by atoms with Crippen LogP contribution in [0.2, 0.25) is 0 Å². The third-order valence-corrected chi connectivity index (χ3v) is 7.73. The summed E-state index contributed by atoms with van der Waals surface area (Å²) in [6.07, 6.45) is 4.23. The highest BCUT2D eigenvalue weighted by Crippen LogP contribution is 2.30. The Morgan fingerprint density at radius 3 is 1.88 bits per heavy atom. The smallest absolute Gasteiger partial charge is 0.342 e. The average Bonchev–Trinajstić information content (AvgIpc) is 3.12. The van der Waals surface area contributed by atoms with Crippen LogP contribution >= 0.6 is 0 Å². The Morgan fingerprint density at radius 2 is 1.32 bits per heavy atom. The number of benzene rings is 1. The molecule has 34 heavy (non-hydrogen) atoms. The van der Waals surface area contributed by atoms with Crippen molar-refractivity contribution in [2.45, 2.75) is 57.5 Å². The molecule has 1 aromatic rings. The zero-order valence-corrected chi connectivity index (χ0v) is 19.9. The minimum Gasteiger partial charge on any atom is -0.342 e. The lowest BCUT2D eigenvalue weighted by atomic mass is 9.91. The number of halogens is 3. The summed E-state index contributed by atoms with van der Waals surface area (Å²) in [5.41, 5.74) is -0.507. The summed E-state index contributed by atoms with van der Waals surface area (Å²) in [6.45, 7) is 6.14. The van der Waals surface area contributed by atoms with Crippen LogP contribution in [0.15, 0.2) is 24.3 Å². The molecule has 0 aromatic heterocycles. The molecule has 3 heterocycles. The molecular formula is C26H36F3N3O2. The van der Waals surface area contributed by atoms with Gasteiger partial charge in [-0.15, -0.1) is 0 Å². The molecule has 3 aliphatic heterocycles. The van der Waals surface area contributed by atoms with E-state index in [1.807, 2.05) is 4.90 Å². The summed E-state index contributed by atoms with van der Waals surface area (Å²) in [5.74, 6) is 0.535. The number of nitrogens with zero attached hydrogens (tertiary/aromatic N) is 3. The van der Waals surface area contributed by atoms with E-state index < -0.39 is 11.7 Å². The third kappa shape index (κ3) is 6.32. The van der Waals surface area contributed by atoms with Crippen LogP contribution in [-0.4, -0.2) is 72.3 Å². The monoisotopic (exact) mass is 479 g/mol. The van der Waals surface area contributed by atoms with Gasteiger partial charge >= 0.3 is 6.18 Å². The maximum atomic E-state index is 13.1. The molecule has 1 aromatic carbocycles. The quantitative estimate of drug-likeness (QED) is 0.630. The first-order valence-corrected chi connectivity index (χ1v) is 12.8. The van der Waals surface area contributed by atoms with Gasteiger partial charge in [0.05, 0.1) is 5.56 Å². The van der Waals surface area contributed by atoms with Crippen LogP contribution in [-0.2, 0) is 11.0 Å². The lowest BCUT2D eigenvalue weighted by Crippen LogP contribution is -2.47. The number of alkyl halides is 3. The largest absolute Gasteiger partial charge is 0.416 e. The fraction of sp³-hybridized carbons (Fsp3) is 0.692. The lowest BCUT2D eigenvalue weighted by molar-refractivity contribution is -0.138. The molecule has 5 nitrogen and oxygen atoms in total. The van der Waals surface area contributed by atoms with Gasteiger partial charge in [0.25, 0.3) is 5.91 Å². The lowest BCUT2D eigenvalue weighted by Gasteiger charge is -2.38. The standard InChI is InChI=1S/C26H36F3N3O2/c27-26(28,29)23-7-5-21(6-8-23)24(33)32-17-11-22(12-18-32)25(34)31-15-9-20(10-16-31)19-30-13-3-1-2-4-14-30/h5-8,20,22H,1-4,9-19H2. The first kappa shape index (κ1) is 25.0. The van der Waals surface area contributed by atoms with Gasteiger partial charge in [0.2, 0.25) is 5.91 Å². The van der Waals surface area contributed by atoms with Crippen LogP contribution in [0.4, 0.5) is 13.2 Å². The highest BCUT2D eigenvalue weighted by molar-refractivity contribution is 5.94. The first-order chi connectivity index (χ1) is 16.3. The van der Waals surface area contributed by atoms with Crippen molar-refractivity contribution in [1.82, 2.24) is 14.7 Å². The molecule has 2 amide bonds. The summed E-state index contributed by atoms with van der Waals surface area (Å²) < 4.78 is 38.3. The SMILES string of the molecule is O=C(c1ccc(C(F)(F)F)cc1)N1CCC(C(=O)N2CCC(CN3CCCCCC3)CC2)CC1. The fourth-order valence-corrected chi connectivity index (χ4v) is 5.59. The van der Waals surface area contributed by atoms with Crippen LogP contribution < -0.4 is 0 Å². The van der Waals surface area contributed by atoms with E-state index in [0.717, 1.165) is 44.6 Å². The van der Waals surface area contributed by atoms with Crippen molar-refractivity contribution in [2.24, 2.45) is 11.8 Å². The van der Waals surface area contributed by atoms with E-state index in [2.05, 4.69) is 4.90 Å². The second-order valence-electron chi connectivity index (χ2n) is 10.1. The highest BCUT2D eigenvalue weighted by Gasteiger charge is 2.33. The van der Waals surface area contributed by atoms with Crippen molar-refractivity contribution in [3.63, 3.8) is 0 Å².